The van der Waals surface area contributed by atoms with Crippen molar-refractivity contribution in [1.29, 1.82) is 0 Å². The number of piperazine rings is 1. The number of nitrogens with zero attached hydrogens (tertiary/aromatic N) is 2. The lowest BCUT2D eigenvalue weighted by Crippen LogP contribution is -2.57. The van der Waals surface area contributed by atoms with Gasteiger partial charge in [-0.3, -0.25) is 9.59 Å². The molecule has 0 aromatic rings. The molecule has 6 nitrogen and oxygen atoms in total. The van der Waals surface area contributed by atoms with Gasteiger partial charge >= 0.3 is 6.09 Å². The minimum atomic E-state index is -0.535. The van der Waals surface area contributed by atoms with Gasteiger partial charge in [0.1, 0.15) is 5.60 Å². The first-order chi connectivity index (χ1) is 8.61. The summed E-state index contributed by atoms with van der Waals surface area (Å²) >= 11 is 0. The molecule has 19 heavy (non-hydrogen) atoms. The maximum Gasteiger partial charge on any atom is 0.410 e. The zero-order valence-corrected chi connectivity index (χ0v) is 12.2. The number of amides is 2. The third kappa shape index (κ3) is 4.22. The molecule has 108 valence electrons. The molecule has 1 atom stereocenters. The molecule has 0 radical (unpaired) electrons. The van der Waals surface area contributed by atoms with E-state index in [-0.39, 0.29) is 12.1 Å². The molecular weight excluding hydrogens is 248 g/mol. The summed E-state index contributed by atoms with van der Waals surface area (Å²) in [7, 11) is 0. The summed E-state index contributed by atoms with van der Waals surface area (Å²) in [4.78, 5) is 37.7. The van der Waals surface area contributed by atoms with Crippen LogP contribution in [-0.4, -0.2) is 58.9 Å². The van der Waals surface area contributed by atoms with E-state index in [1.165, 1.54) is 11.8 Å². The lowest BCUT2D eigenvalue weighted by atomic mass is 10.1. The minimum absolute atomic E-state index is 0.183. The van der Waals surface area contributed by atoms with E-state index in [0.29, 0.717) is 19.6 Å². The van der Waals surface area contributed by atoms with Crippen molar-refractivity contribution < 1.29 is 19.1 Å². The number of Topliss-reactive ketones (excluding diaryl/α,β-unsaturated/α-hetero) is 1. The van der Waals surface area contributed by atoms with Gasteiger partial charge in [-0.2, -0.15) is 0 Å². The van der Waals surface area contributed by atoms with Crippen molar-refractivity contribution in [2.24, 2.45) is 0 Å². The minimum Gasteiger partial charge on any atom is -0.444 e. The van der Waals surface area contributed by atoms with Crippen molar-refractivity contribution in [3.8, 4) is 0 Å². The average molecular weight is 270 g/mol. The van der Waals surface area contributed by atoms with Gasteiger partial charge in [-0.25, -0.2) is 4.79 Å². The summed E-state index contributed by atoms with van der Waals surface area (Å²) in [6, 6.07) is -0.183. The normalized spacial score (nSPS) is 20.2. The number of hydrogen-bond acceptors (Lipinski definition) is 4. The predicted octanol–water partition coefficient (Wildman–Crippen LogP) is 1.04. The van der Waals surface area contributed by atoms with Gasteiger partial charge in [0.2, 0.25) is 5.78 Å². The predicted molar refractivity (Wildman–Crippen MR) is 69.7 cm³/mol. The number of carbonyl (C=O) groups excluding carboxylic acids is 3. The van der Waals surface area contributed by atoms with Crippen LogP contribution in [0.4, 0.5) is 4.79 Å². The number of carbonyl (C=O) groups is 3. The molecule has 6 heteroatoms. The van der Waals surface area contributed by atoms with Crippen molar-refractivity contribution >= 4 is 17.8 Å². The molecular formula is C13H22N2O4. The third-order valence-corrected chi connectivity index (χ3v) is 2.84. The summed E-state index contributed by atoms with van der Waals surface area (Å²) in [5.41, 5.74) is -0.535. The Balaban J connectivity index is 2.61. The van der Waals surface area contributed by atoms with Crippen molar-refractivity contribution in [3.05, 3.63) is 0 Å². The Morgan fingerprint density at radius 2 is 1.74 bits per heavy atom. The standard InChI is InChI=1S/C13H22N2O4/c1-9-8-14(12(18)19-13(3,4)5)6-7-15(9)11(17)10(2)16/h9H,6-8H2,1-5H3. The Hall–Kier alpha value is -1.59. The summed E-state index contributed by atoms with van der Waals surface area (Å²) in [5, 5.41) is 0. The summed E-state index contributed by atoms with van der Waals surface area (Å²) in [6.45, 7) is 9.63. The molecule has 0 aromatic heterocycles. The Kier molecular flexibility index (Phi) is 4.55. The zero-order chi connectivity index (χ0) is 14.8. The smallest absolute Gasteiger partial charge is 0.410 e. The lowest BCUT2D eigenvalue weighted by molar-refractivity contribution is -0.146. The topological polar surface area (TPSA) is 66.9 Å². The fourth-order valence-electron chi connectivity index (χ4n) is 1.95. The van der Waals surface area contributed by atoms with Crippen LogP contribution in [0.5, 0.6) is 0 Å². The van der Waals surface area contributed by atoms with Crippen molar-refractivity contribution in [1.82, 2.24) is 9.80 Å². The molecule has 1 aliphatic heterocycles. The SMILES string of the molecule is CC(=O)C(=O)N1CCN(C(=O)OC(C)(C)C)CC1C. The van der Waals surface area contributed by atoms with Gasteiger partial charge in [0, 0.05) is 32.6 Å². The van der Waals surface area contributed by atoms with Crippen LogP contribution in [0.15, 0.2) is 0 Å². The Morgan fingerprint density at radius 1 is 1.16 bits per heavy atom. The second-order valence-electron chi connectivity index (χ2n) is 5.83. The molecule has 0 spiro atoms. The van der Waals surface area contributed by atoms with Crippen molar-refractivity contribution in [2.45, 2.75) is 46.3 Å². The fourth-order valence-corrected chi connectivity index (χ4v) is 1.95. The lowest BCUT2D eigenvalue weighted by Gasteiger charge is -2.39. The van der Waals surface area contributed by atoms with E-state index in [9.17, 15) is 14.4 Å². The first-order valence-corrected chi connectivity index (χ1v) is 6.41. The van der Waals surface area contributed by atoms with Crippen LogP contribution in [0.1, 0.15) is 34.6 Å². The summed E-state index contributed by atoms with van der Waals surface area (Å²) < 4.78 is 5.29. The molecule has 1 rings (SSSR count). The highest BCUT2D eigenvalue weighted by atomic mass is 16.6. The van der Waals surface area contributed by atoms with Crippen molar-refractivity contribution in [3.63, 3.8) is 0 Å². The molecule has 2 amide bonds. The summed E-state index contributed by atoms with van der Waals surface area (Å²) in [6.07, 6.45) is -0.380. The Morgan fingerprint density at radius 3 is 2.16 bits per heavy atom. The van der Waals surface area contributed by atoms with E-state index in [1.807, 2.05) is 27.7 Å². The molecule has 1 saturated heterocycles. The monoisotopic (exact) mass is 270 g/mol. The van der Waals surface area contributed by atoms with Crippen LogP contribution in [-0.2, 0) is 14.3 Å². The molecule has 0 bridgehead atoms. The van der Waals surface area contributed by atoms with Crippen LogP contribution in [0.3, 0.4) is 0 Å². The third-order valence-electron chi connectivity index (χ3n) is 2.84. The Bertz CT molecular complexity index is 387. The van der Waals surface area contributed by atoms with E-state index in [1.54, 1.807) is 4.90 Å². The van der Waals surface area contributed by atoms with Gasteiger partial charge in [-0.05, 0) is 27.7 Å². The molecule has 0 saturated carbocycles. The first kappa shape index (κ1) is 15.5. The van der Waals surface area contributed by atoms with E-state index in [4.69, 9.17) is 4.74 Å². The molecule has 0 aromatic carbocycles. The number of rotatable bonds is 1. The van der Waals surface area contributed by atoms with Gasteiger partial charge in [0.15, 0.2) is 0 Å². The van der Waals surface area contributed by atoms with Crippen molar-refractivity contribution in [2.75, 3.05) is 19.6 Å². The fraction of sp³-hybridized carbons (Fsp3) is 0.769. The van der Waals surface area contributed by atoms with Gasteiger partial charge in [0.25, 0.3) is 5.91 Å². The highest BCUT2D eigenvalue weighted by molar-refractivity contribution is 6.35. The number of ketones is 1. The van der Waals surface area contributed by atoms with Crippen LogP contribution in [0.25, 0.3) is 0 Å². The maximum atomic E-state index is 11.9. The van der Waals surface area contributed by atoms with E-state index in [2.05, 4.69) is 0 Å². The zero-order valence-electron chi connectivity index (χ0n) is 12.2. The Labute approximate surface area is 113 Å². The highest BCUT2D eigenvalue weighted by Gasteiger charge is 2.33. The molecule has 0 N–H and O–H groups in total. The molecule has 0 aliphatic carbocycles. The van der Waals surface area contributed by atoms with Gasteiger partial charge in [-0.15, -0.1) is 0 Å². The average Bonchev–Trinajstić information content (AvgIpc) is 2.25. The highest BCUT2D eigenvalue weighted by Crippen LogP contribution is 2.15. The first-order valence-electron chi connectivity index (χ1n) is 6.41. The second-order valence-corrected chi connectivity index (χ2v) is 5.83. The van der Waals surface area contributed by atoms with Crippen LogP contribution >= 0.6 is 0 Å². The molecule has 1 heterocycles. The van der Waals surface area contributed by atoms with E-state index in [0.717, 1.165) is 0 Å². The second kappa shape index (κ2) is 5.59. The molecule has 1 unspecified atom stereocenters. The van der Waals surface area contributed by atoms with Gasteiger partial charge < -0.3 is 14.5 Å². The van der Waals surface area contributed by atoms with Crippen LogP contribution in [0.2, 0.25) is 0 Å². The van der Waals surface area contributed by atoms with Gasteiger partial charge in [-0.1, -0.05) is 0 Å². The van der Waals surface area contributed by atoms with E-state index >= 15 is 0 Å². The molecule has 1 fully saturated rings. The number of hydrogen-bond donors (Lipinski definition) is 0. The van der Waals surface area contributed by atoms with Crippen LogP contribution in [0, 0.1) is 0 Å². The maximum absolute atomic E-state index is 11.9. The van der Waals surface area contributed by atoms with Gasteiger partial charge in [0.05, 0.1) is 0 Å². The largest absolute Gasteiger partial charge is 0.444 e. The summed E-state index contributed by atoms with van der Waals surface area (Å²) in [5.74, 6) is -0.964. The van der Waals surface area contributed by atoms with Crippen LogP contribution < -0.4 is 0 Å². The molecule has 1 aliphatic rings. The quantitative estimate of drug-likeness (QED) is 0.668. The van der Waals surface area contributed by atoms with E-state index < -0.39 is 17.3 Å². The number of ether oxygens (including phenoxy) is 1.